The number of hydrogen-bond donors (Lipinski definition) is 2. The van der Waals surface area contributed by atoms with E-state index < -0.39 is 24.8 Å². The van der Waals surface area contributed by atoms with Crippen molar-refractivity contribution in [2.75, 3.05) is 19.8 Å². The molecule has 0 aromatic heterocycles. The molecule has 170 valence electrons. The van der Waals surface area contributed by atoms with Crippen LogP contribution in [0.15, 0.2) is 30.1 Å². The van der Waals surface area contributed by atoms with Crippen LogP contribution in [0.1, 0.15) is 55.7 Å². The Bertz CT molecular complexity index is 854. The fourth-order valence-corrected chi connectivity index (χ4v) is 3.36. The maximum absolute atomic E-state index is 13.4. The highest BCUT2D eigenvalue weighted by atomic mass is 19.4. The Kier molecular flexibility index (Phi) is 7.23. The van der Waals surface area contributed by atoms with Crippen molar-refractivity contribution in [3.8, 4) is 11.8 Å². The van der Waals surface area contributed by atoms with E-state index in [2.05, 4.69) is 17.2 Å². The van der Waals surface area contributed by atoms with E-state index in [4.69, 9.17) is 15.2 Å². The van der Waals surface area contributed by atoms with Crippen LogP contribution in [0.3, 0.4) is 0 Å². The van der Waals surface area contributed by atoms with Crippen molar-refractivity contribution in [1.82, 2.24) is 5.32 Å². The van der Waals surface area contributed by atoms with Crippen LogP contribution < -0.4 is 11.1 Å². The van der Waals surface area contributed by atoms with Crippen molar-refractivity contribution in [3.05, 3.63) is 46.8 Å². The van der Waals surface area contributed by atoms with Gasteiger partial charge in [0.2, 0.25) is 0 Å². The van der Waals surface area contributed by atoms with Gasteiger partial charge in [-0.25, -0.2) is 0 Å². The van der Waals surface area contributed by atoms with E-state index in [1.54, 1.807) is 13.0 Å². The van der Waals surface area contributed by atoms with Gasteiger partial charge in [-0.05, 0) is 43.0 Å². The molecule has 1 atom stereocenters. The second kappa shape index (κ2) is 9.54. The van der Waals surface area contributed by atoms with Crippen molar-refractivity contribution >= 4 is 0 Å². The molecule has 0 spiro atoms. The zero-order chi connectivity index (χ0) is 22.6. The fourth-order valence-electron chi connectivity index (χ4n) is 3.36. The zero-order valence-electron chi connectivity index (χ0n) is 18.3. The molecule has 2 aliphatic rings. The number of hydrogen-bond acceptors (Lipinski definition) is 4. The lowest BCUT2D eigenvalue weighted by Crippen LogP contribution is -2.41. The predicted molar refractivity (Wildman–Crippen MR) is 114 cm³/mol. The summed E-state index contributed by atoms with van der Waals surface area (Å²) in [6.07, 6.45) is -2.23. The van der Waals surface area contributed by atoms with Gasteiger partial charge in [-0.15, -0.1) is 0 Å². The second-order valence-electron chi connectivity index (χ2n) is 9.26. The molecule has 7 heteroatoms. The summed E-state index contributed by atoms with van der Waals surface area (Å²) < 4.78 is 51.4. The lowest BCUT2D eigenvalue weighted by atomic mass is 9.88. The highest BCUT2D eigenvalue weighted by molar-refractivity contribution is 5.44. The summed E-state index contributed by atoms with van der Waals surface area (Å²) in [5, 5.41) is 2.97. The molecule has 3 N–H and O–H groups in total. The molecule has 1 unspecified atom stereocenters. The van der Waals surface area contributed by atoms with Crippen molar-refractivity contribution in [2.24, 2.45) is 17.1 Å². The number of ether oxygens (including phenoxy) is 2. The van der Waals surface area contributed by atoms with Crippen LogP contribution in [-0.2, 0) is 9.47 Å². The molecule has 1 heterocycles. The van der Waals surface area contributed by atoms with E-state index in [-0.39, 0.29) is 11.1 Å². The molecule has 1 aliphatic carbocycles. The standard InChI is InChI=1S/C24H31F3N2O2/c1-16-4-5-18(9-8-17-6-7-17)10-19(16)20(11-24(25,26)27)21(28)12-29-13-22-30-14-23(2,3)15-31-22/h4-5,10,12,17,20,22,29H,6-7,11,13-15,28H2,1-3H3/b21-12-. The van der Waals surface area contributed by atoms with Crippen LogP contribution in [0.2, 0.25) is 0 Å². The molecule has 31 heavy (non-hydrogen) atoms. The van der Waals surface area contributed by atoms with E-state index in [0.717, 1.165) is 18.4 Å². The molecule has 1 aliphatic heterocycles. The summed E-state index contributed by atoms with van der Waals surface area (Å²) in [4.78, 5) is 0. The number of nitrogens with one attached hydrogen (secondary N) is 1. The van der Waals surface area contributed by atoms with E-state index in [9.17, 15) is 13.2 Å². The SMILES string of the molecule is Cc1ccc(C#CC2CC2)cc1C(CC(F)(F)F)/C(N)=C/NCC1OCC(C)(C)CO1. The van der Waals surface area contributed by atoms with Crippen molar-refractivity contribution in [1.29, 1.82) is 0 Å². The molecule has 1 saturated heterocycles. The summed E-state index contributed by atoms with van der Waals surface area (Å²) in [6, 6.07) is 5.38. The van der Waals surface area contributed by atoms with Gasteiger partial charge in [0.05, 0.1) is 26.2 Å². The normalized spacial score (nSPS) is 20.6. The van der Waals surface area contributed by atoms with E-state index >= 15 is 0 Å². The molecule has 0 radical (unpaired) electrons. The third-order valence-corrected chi connectivity index (χ3v) is 5.36. The summed E-state index contributed by atoms with van der Waals surface area (Å²) in [5.74, 6) is 5.66. The van der Waals surface area contributed by atoms with Gasteiger partial charge in [-0.2, -0.15) is 13.2 Å². The number of nitrogens with two attached hydrogens (primary N) is 1. The Morgan fingerprint density at radius 3 is 2.58 bits per heavy atom. The molecule has 3 rings (SSSR count). The summed E-state index contributed by atoms with van der Waals surface area (Å²) in [7, 11) is 0. The third kappa shape index (κ3) is 7.48. The summed E-state index contributed by atoms with van der Waals surface area (Å²) in [5.41, 5.74) is 8.23. The molecule has 4 nitrogen and oxygen atoms in total. The van der Waals surface area contributed by atoms with Gasteiger partial charge < -0.3 is 20.5 Å². The number of alkyl halides is 3. The van der Waals surface area contributed by atoms with Crippen LogP contribution >= 0.6 is 0 Å². The Balaban J connectivity index is 1.73. The molecular weight excluding hydrogens is 405 g/mol. The van der Waals surface area contributed by atoms with Gasteiger partial charge >= 0.3 is 6.18 Å². The lowest BCUT2D eigenvalue weighted by molar-refractivity contribution is -0.217. The first-order valence-electron chi connectivity index (χ1n) is 10.6. The number of aryl methyl sites for hydroxylation is 1. The molecule has 2 fully saturated rings. The average Bonchev–Trinajstić information content (AvgIpc) is 3.51. The lowest BCUT2D eigenvalue weighted by Gasteiger charge is -2.34. The van der Waals surface area contributed by atoms with Crippen LogP contribution in [0.4, 0.5) is 13.2 Å². The highest BCUT2D eigenvalue weighted by Crippen LogP contribution is 2.36. The molecular formula is C24H31F3N2O2. The maximum atomic E-state index is 13.4. The minimum absolute atomic E-state index is 0.0475. The van der Waals surface area contributed by atoms with E-state index in [0.29, 0.717) is 36.8 Å². The Hall–Kier alpha value is -2.17. The summed E-state index contributed by atoms with van der Waals surface area (Å²) in [6.45, 7) is 7.31. The van der Waals surface area contributed by atoms with Gasteiger partial charge in [0.15, 0.2) is 6.29 Å². The average molecular weight is 437 g/mol. The minimum atomic E-state index is -4.35. The van der Waals surface area contributed by atoms with Gasteiger partial charge in [0.25, 0.3) is 0 Å². The molecule has 0 bridgehead atoms. The molecule has 1 aromatic rings. The van der Waals surface area contributed by atoms with Crippen molar-refractivity contribution in [2.45, 2.75) is 58.4 Å². The second-order valence-corrected chi connectivity index (χ2v) is 9.26. The zero-order valence-corrected chi connectivity index (χ0v) is 18.3. The number of benzene rings is 1. The summed E-state index contributed by atoms with van der Waals surface area (Å²) >= 11 is 0. The molecule has 0 amide bonds. The van der Waals surface area contributed by atoms with Gasteiger partial charge in [0, 0.05) is 34.7 Å². The van der Waals surface area contributed by atoms with Gasteiger partial charge in [-0.1, -0.05) is 31.8 Å². The predicted octanol–water partition coefficient (Wildman–Crippen LogP) is 4.58. The Labute approximate surface area is 182 Å². The smallest absolute Gasteiger partial charge is 0.390 e. The number of allylic oxidation sites excluding steroid dienone is 1. The van der Waals surface area contributed by atoms with Crippen molar-refractivity contribution in [3.63, 3.8) is 0 Å². The molecule has 1 saturated carbocycles. The van der Waals surface area contributed by atoms with E-state index in [1.165, 1.54) is 6.20 Å². The van der Waals surface area contributed by atoms with Crippen LogP contribution in [0.25, 0.3) is 0 Å². The Morgan fingerprint density at radius 2 is 1.97 bits per heavy atom. The minimum Gasteiger partial charge on any atom is -0.400 e. The first-order chi connectivity index (χ1) is 14.5. The van der Waals surface area contributed by atoms with Gasteiger partial charge in [0.1, 0.15) is 0 Å². The number of rotatable bonds is 6. The molecule has 1 aromatic carbocycles. The number of halogens is 3. The van der Waals surface area contributed by atoms with E-state index in [1.807, 2.05) is 26.0 Å². The largest absolute Gasteiger partial charge is 0.400 e. The van der Waals surface area contributed by atoms with Crippen LogP contribution in [0.5, 0.6) is 0 Å². The first kappa shape index (κ1) is 23.5. The van der Waals surface area contributed by atoms with Crippen molar-refractivity contribution < 1.29 is 22.6 Å². The van der Waals surface area contributed by atoms with Crippen LogP contribution in [-0.4, -0.2) is 32.2 Å². The fraction of sp³-hybridized carbons (Fsp3) is 0.583. The Morgan fingerprint density at radius 1 is 1.29 bits per heavy atom. The maximum Gasteiger partial charge on any atom is 0.390 e. The third-order valence-electron chi connectivity index (χ3n) is 5.36. The quantitative estimate of drug-likeness (QED) is 0.641. The first-order valence-corrected chi connectivity index (χ1v) is 10.6. The van der Waals surface area contributed by atoms with Gasteiger partial charge in [-0.3, -0.25) is 0 Å². The monoisotopic (exact) mass is 436 g/mol. The topological polar surface area (TPSA) is 56.5 Å². The highest BCUT2D eigenvalue weighted by Gasteiger charge is 2.35. The van der Waals surface area contributed by atoms with Crippen LogP contribution in [0, 0.1) is 30.1 Å².